The Labute approximate surface area is 113 Å². The molecular formula is C14H21N3S. The number of anilines is 1. The first-order chi connectivity index (χ1) is 8.85. The Balaban J connectivity index is 1.95. The van der Waals surface area contributed by atoms with Gasteiger partial charge < -0.3 is 9.88 Å². The molecule has 98 valence electrons. The molecule has 4 heteroatoms. The smallest absolute Gasteiger partial charge is 0.203 e. The Bertz CT molecular complexity index is 473. The molecule has 0 spiro atoms. The number of aromatic nitrogens is 2. The van der Waals surface area contributed by atoms with E-state index in [1.807, 2.05) is 23.7 Å². The lowest BCUT2D eigenvalue weighted by atomic mass is 10.2. The molecule has 2 aromatic rings. The lowest BCUT2D eigenvalue weighted by Crippen LogP contribution is -2.07. The first kappa shape index (κ1) is 13.1. The first-order valence-electron chi connectivity index (χ1n) is 6.65. The van der Waals surface area contributed by atoms with Crippen LogP contribution in [-0.2, 0) is 19.5 Å². The minimum atomic E-state index is 0.879. The maximum Gasteiger partial charge on any atom is 0.203 e. The molecule has 2 rings (SSSR count). The predicted octanol–water partition coefficient (Wildman–Crippen LogP) is 3.92. The Morgan fingerprint density at radius 1 is 1.39 bits per heavy atom. The Kier molecular flexibility index (Phi) is 4.81. The molecule has 0 fully saturated rings. The van der Waals surface area contributed by atoms with Crippen molar-refractivity contribution in [3.05, 3.63) is 34.3 Å². The highest BCUT2D eigenvalue weighted by Gasteiger charge is 2.05. The predicted molar refractivity (Wildman–Crippen MR) is 78.2 cm³/mol. The van der Waals surface area contributed by atoms with Crippen molar-refractivity contribution in [3.63, 3.8) is 0 Å². The van der Waals surface area contributed by atoms with Crippen molar-refractivity contribution >= 4 is 17.3 Å². The average molecular weight is 263 g/mol. The zero-order valence-corrected chi connectivity index (χ0v) is 12.0. The fourth-order valence-corrected chi connectivity index (χ4v) is 2.90. The summed E-state index contributed by atoms with van der Waals surface area (Å²) in [6.45, 7) is 6.34. The summed E-state index contributed by atoms with van der Waals surface area (Å²) in [6, 6.07) is 2.21. The summed E-state index contributed by atoms with van der Waals surface area (Å²) < 4.78 is 2.20. The molecule has 2 heterocycles. The van der Waals surface area contributed by atoms with Crippen molar-refractivity contribution in [3.8, 4) is 0 Å². The van der Waals surface area contributed by atoms with Crippen LogP contribution in [0.2, 0.25) is 0 Å². The maximum atomic E-state index is 4.38. The number of imidazole rings is 1. The number of nitrogens with one attached hydrogen (secondary N) is 1. The molecule has 0 radical (unpaired) electrons. The largest absolute Gasteiger partial charge is 0.351 e. The van der Waals surface area contributed by atoms with Gasteiger partial charge in [0.2, 0.25) is 5.95 Å². The van der Waals surface area contributed by atoms with Gasteiger partial charge >= 0.3 is 0 Å². The van der Waals surface area contributed by atoms with Crippen LogP contribution in [0.15, 0.2) is 23.8 Å². The zero-order chi connectivity index (χ0) is 12.8. The van der Waals surface area contributed by atoms with Crippen LogP contribution in [0.4, 0.5) is 5.95 Å². The van der Waals surface area contributed by atoms with E-state index in [9.17, 15) is 0 Å². The van der Waals surface area contributed by atoms with Crippen LogP contribution in [0.1, 0.15) is 37.1 Å². The molecule has 18 heavy (non-hydrogen) atoms. The van der Waals surface area contributed by atoms with Crippen LogP contribution < -0.4 is 5.32 Å². The van der Waals surface area contributed by atoms with Gasteiger partial charge in [-0.3, -0.25) is 0 Å². The number of thiophene rings is 1. The standard InChI is InChI=1S/C14H21N3S/c1-3-5-8-17-9-7-15-14(17)16-11-13-12(4-2)6-10-18-13/h6-7,9-10H,3-5,8,11H2,1-2H3,(H,15,16). The minimum Gasteiger partial charge on any atom is -0.351 e. The van der Waals surface area contributed by atoms with Gasteiger partial charge in [-0.25, -0.2) is 4.98 Å². The van der Waals surface area contributed by atoms with E-state index in [-0.39, 0.29) is 0 Å². The molecule has 0 amide bonds. The highest BCUT2D eigenvalue weighted by Crippen LogP contribution is 2.18. The molecule has 0 bridgehead atoms. The van der Waals surface area contributed by atoms with Crippen LogP contribution in [-0.4, -0.2) is 9.55 Å². The molecule has 0 aliphatic heterocycles. The van der Waals surface area contributed by atoms with Gasteiger partial charge in [0.05, 0.1) is 6.54 Å². The molecular weight excluding hydrogens is 242 g/mol. The lowest BCUT2D eigenvalue weighted by Gasteiger charge is -2.09. The summed E-state index contributed by atoms with van der Waals surface area (Å²) in [6.07, 6.45) is 7.43. The molecule has 2 aromatic heterocycles. The van der Waals surface area contributed by atoms with Crippen LogP contribution in [0.5, 0.6) is 0 Å². The third kappa shape index (κ3) is 3.13. The number of nitrogens with zero attached hydrogens (tertiary/aromatic N) is 2. The molecule has 0 saturated carbocycles. The van der Waals surface area contributed by atoms with Gasteiger partial charge in [0.1, 0.15) is 0 Å². The average Bonchev–Trinajstić information content (AvgIpc) is 3.02. The lowest BCUT2D eigenvalue weighted by molar-refractivity contribution is 0.635. The number of aryl methyl sites for hydroxylation is 2. The number of hydrogen-bond acceptors (Lipinski definition) is 3. The van der Waals surface area contributed by atoms with Crippen molar-refractivity contribution in [2.75, 3.05) is 5.32 Å². The minimum absolute atomic E-state index is 0.879. The van der Waals surface area contributed by atoms with Crippen LogP contribution >= 0.6 is 11.3 Å². The van der Waals surface area contributed by atoms with E-state index in [4.69, 9.17) is 0 Å². The molecule has 0 unspecified atom stereocenters. The monoisotopic (exact) mass is 263 g/mol. The summed E-state index contributed by atoms with van der Waals surface area (Å²) in [4.78, 5) is 5.80. The Morgan fingerprint density at radius 3 is 3.06 bits per heavy atom. The third-order valence-electron chi connectivity index (χ3n) is 3.09. The van der Waals surface area contributed by atoms with Crippen molar-refractivity contribution in [1.29, 1.82) is 0 Å². The molecule has 1 N–H and O–H groups in total. The summed E-state index contributed by atoms with van der Waals surface area (Å²) in [7, 11) is 0. The third-order valence-corrected chi connectivity index (χ3v) is 4.06. The zero-order valence-electron chi connectivity index (χ0n) is 11.1. The van der Waals surface area contributed by atoms with E-state index in [1.54, 1.807) is 0 Å². The van der Waals surface area contributed by atoms with Gasteiger partial charge in [-0.05, 0) is 29.9 Å². The van der Waals surface area contributed by atoms with E-state index in [1.165, 1.54) is 23.3 Å². The van der Waals surface area contributed by atoms with Gasteiger partial charge in [-0.1, -0.05) is 20.3 Å². The fraction of sp³-hybridized carbons (Fsp3) is 0.500. The van der Waals surface area contributed by atoms with Crippen LogP contribution in [0.3, 0.4) is 0 Å². The molecule has 3 nitrogen and oxygen atoms in total. The second-order valence-electron chi connectivity index (χ2n) is 4.37. The highest BCUT2D eigenvalue weighted by atomic mass is 32.1. The van der Waals surface area contributed by atoms with Gasteiger partial charge in [0.25, 0.3) is 0 Å². The first-order valence-corrected chi connectivity index (χ1v) is 7.53. The van der Waals surface area contributed by atoms with Crippen molar-refractivity contribution < 1.29 is 0 Å². The van der Waals surface area contributed by atoms with Crippen molar-refractivity contribution in [2.45, 2.75) is 46.2 Å². The van der Waals surface area contributed by atoms with E-state index in [2.05, 4.69) is 40.2 Å². The molecule has 0 aliphatic rings. The van der Waals surface area contributed by atoms with Gasteiger partial charge in [0, 0.05) is 23.8 Å². The molecule has 0 aromatic carbocycles. The number of unbranched alkanes of at least 4 members (excludes halogenated alkanes) is 1. The normalized spacial score (nSPS) is 10.8. The van der Waals surface area contributed by atoms with E-state index < -0.39 is 0 Å². The summed E-state index contributed by atoms with van der Waals surface area (Å²) in [5.41, 5.74) is 1.44. The maximum absolute atomic E-state index is 4.38. The Hall–Kier alpha value is -1.29. The summed E-state index contributed by atoms with van der Waals surface area (Å²) in [5.74, 6) is 0.985. The van der Waals surface area contributed by atoms with Gasteiger partial charge in [-0.15, -0.1) is 11.3 Å². The Morgan fingerprint density at radius 2 is 2.28 bits per heavy atom. The topological polar surface area (TPSA) is 29.9 Å². The van der Waals surface area contributed by atoms with Gasteiger partial charge in [0.15, 0.2) is 0 Å². The fourth-order valence-electron chi connectivity index (χ4n) is 1.98. The molecule has 0 atom stereocenters. The SMILES string of the molecule is CCCCn1ccnc1NCc1sccc1CC. The van der Waals surface area contributed by atoms with Crippen molar-refractivity contribution in [1.82, 2.24) is 9.55 Å². The molecule has 0 saturated heterocycles. The second-order valence-corrected chi connectivity index (χ2v) is 5.37. The van der Waals surface area contributed by atoms with E-state index >= 15 is 0 Å². The second kappa shape index (κ2) is 6.59. The van der Waals surface area contributed by atoms with Crippen LogP contribution in [0, 0.1) is 0 Å². The number of hydrogen-bond donors (Lipinski definition) is 1. The quantitative estimate of drug-likeness (QED) is 0.820. The molecule has 0 aliphatic carbocycles. The summed E-state index contributed by atoms with van der Waals surface area (Å²) in [5, 5.41) is 5.61. The van der Waals surface area contributed by atoms with E-state index in [0.29, 0.717) is 0 Å². The summed E-state index contributed by atoms with van der Waals surface area (Å²) >= 11 is 1.82. The number of rotatable bonds is 7. The van der Waals surface area contributed by atoms with Gasteiger partial charge in [-0.2, -0.15) is 0 Å². The highest BCUT2D eigenvalue weighted by molar-refractivity contribution is 7.10. The van der Waals surface area contributed by atoms with Crippen LogP contribution in [0.25, 0.3) is 0 Å². The van der Waals surface area contributed by atoms with E-state index in [0.717, 1.165) is 25.5 Å². The van der Waals surface area contributed by atoms with Crippen molar-refractivity contribution in [2.24, 2.45) is 0 Å².